The summed E-state index contributed by atoms with van der Waals surface area (Å²) in [4.78, 5) is 16.8. The topological polar surface area (TPSA) is 76.1 Å². The van der Waals surface area contributed by atoms with E-state index in [1.165, 1.54) is 11.3 Å². The summed E-state index contributed by atoms with van der Waals surface area (Å²) in [5.41, 5.74) is 0. The van der Waals surface area contributed by atoms with Crippen LogP contribution in [0.15, 0.2) is 6.20 Å². The predicted octanol–water partition coefficient (Wildman–Crippen LogP) is 1.40. The SMILES string of the molecule is CCCc1ncc(C(=O)NC2CCS(=O)(=O)CC2)s1. The number of carbonyl (C=O) groups excluding carboxylic acids is 1. The molecular weight excluding hydrogens is 284 g/mol. The van der Waals surface area contributed by atoms with E-state index in [0.717, 1.165) is 17.8 Å². The summed E-state index contributed by atoms with van der Waals surface area (Å²) >= 11 is 1.41. The predicted molar refractivity (Wildman–Crippen MR) is 75.3 cm³/mol. The van der Waals surface area contributed by atoms with Crippen molar-refractivity contribution in [3.63, 3.8) is 0 Å². The molecule has 1 fully saturated rings. The summed E-state index contributed by atoms with van der Waals surface area (Å²) in [5.74, 6) is 0.202. The fourth-order valence-electron chi connectivity index (χ4n) is 2.04. The van der Waals surface area contributed by atoms with Gasteiger partial charge < -0.3 is 5.32 Å². The highest BCUT2D eigenvalue weighted by Crippen LogP contribution is 2.17. The quantitative estimate of drug-likeness (QED) is 0.912. The molecule has 2 heterocycles. The van der Waals surface area contributed by atoms with Gasteiger partial charge in [0.1, 0.15) is 14.7 Å². The molecule has 19 heavy (non-hydrogen) atoms. The molecule has 0 radical (unpaired) electrons. The van der Waals surface area contributed by atoms with Gasteiger partial charge in [-0.2, -0.15) is 0 Å². The highest BCUT2D eigenvalue weighted by Gasteiger charge is 2.25. The molecule has 2 rings (SSSR count). The molecule has 0 spiro atoms. The summed E-state index contributed by atoms with van der Waals surface area (Å²) in [6.07, 6.45) is 4.52. The molecule has 1 aromatic rings. The lowest BCUT2D eigenvalue weighted by Gasteiger charge is -2.22. The summed E-state index contributed by atoms with van der Waals surface area (Å²) in [6, 6.07) is -0.0345. The normalized spacial score (nSPS) is 19.2. The van der Waals surface area contributed by atoms with Gasteiger partial charge in [-0.3, -0.25) is 4.79 Å². The number of nitrogens with zero attached hydrogens (tertiary/aromatic N) is 1. The number of aryl methyl sites for hydroxylation is 1. The van der Waals surface area contributed by atoms with Crippen LogP contribution in [0.4, 0.5) is 0 Å². The van der Waals surface area contributed by atoms with Crippen LogP contribution in [0.2, 0.25) is 0 Å². The second kappa shape index (κ2) is 6.00. The molecule has 0 bridgehead atoms. The number of rotatable bonds is 4. The van der Waals surface area contributed by atoms with Crippen molar-refractivity contribution in [1.29, 1.82) is 0 Å². The van der Waals surface area contributed by atoms with Gasteiger partial charge in [-0.15, -0.1) is 11.3 Å². The number of aromatic nitrogens is 1. The molecule has 5 nitrogen and oxygen atoms in total. The van der Waals surface area contributed by atoms with E-state index in [-0.39, 0.29) is 23.5 Å². The molecule has 1 aliphatic heterocycles. The van der Waals surface area contributed by atoms with E-state index in [2.05, 4.69) is 17.2 Å². The van der Waals surface area contributed by atoms with E-state index >= 15 is 0 Å². The lowest BCUT2D eigenvalue weighted by molar-refractivity contribution is 0.0938. The van der Waals surface area contributed by atoms with Gasteiger partial charge in [0.25, 0.3) is 5.91 Å². The first-order chi connectivity index (χ1) is 9.00. The average molecular weight is 302 g/mol. The van der Waals surface area contributed by atoms with Crippen LogP contribution in [0.25, 0.3) is 0 Å². The smallest absolute Gasteiger partial charge is 0.263 e. The zero-order valence-electron chi connectivity index (χ0n) is 10.9. The van der Waals surface area contributed by atoms with Crippen molar-refractivity contribution in [2.45, 2.75) is 38.6 Å². The maximum absolute atomic E-state index is 12.0. The molecule has 106 valence electrons. The van der Waals surface area contributed by atoms with E-state index in [4.69, 9.17) is 0 Å². The zero-order chi connectivity index (χ0) is 13.9. The van der Waals surface area contributed by atoms with Gasteiger partial charge in [-0.1, -0.05) is 6.92 Å². The van der Waals surface area contributed by atoms with E-state index in [1.807, 2.05) is 0 Å². The third-order valence-electron chi connectivity index (χ3n) is 3.13. The van der Waals surface area contributed by atoms with Crippen molar-refractivity contribution in [1.82, 2.24) is 10.3 Å². The number of nitrogens with one attached hydrogen (secondary N) is 1. The number of amides is 1. The van der Waals surface area contributed by atoms with Crippen molar-refractivity contribution < 1.29 is 13.2 Å². The molecule has 1 aliphatic rings. The van der Waals surface area contributed by atoms with Crippen molar-refractivity contribution >= 4 is 27.1 Å². The minimum Gasteiger partial charge on any atom is -0.348 e. The molecule has 0 aliphatic carbocycles. The molecule has 0 saturated carbocycles. The van der Waals surface area contributed by atoms with Gasteiger partial charge >= 0.3 is 0 Å². The van der Waals surface area contributed by atoms with E-state index in [9.17, 15) is 13.2 Å². The fraction of sp³-hybridized carbons (Fsp3) is 0.667. The Hall–Kier alpha value is -0.950. The zero-order valence-corrected chi connectivity index (χ0v) is 12.5. The monoisotopic (exact) mass is 302 g/mol. The van der Waals surface area contributed by atoms with Crippen molar-refractivity contribution in [3.05, 3.63) is 16.1 Å². The largest absolute Gasteiger partial charge is 0.348 e. The molecule has 7 heteroatoms. The minimum absolute atomic E-state index is 0.0345. The maximum Gasteiger partial charge on any atom is 0.263 e. The van der Waals surface area contributed by atoms with Crippen LogP contribution in [0.3, 0.4) is 0 Å². The number of hydrogen-bond donors (Lipinski definition) is 1. The van der Waals surface area contributed by atoms with Crippen molar-refractivity contribution in [2.24, 2.45) is 0 Å². The number of thiazole rings is 1. The highest BCUT2D eigenvalue weighted by molar-refractivity contribution is 7.91. The van der Waals surface area contributed by atoms with Gasteiger partial charge in [0, 0.05) is 6.04 Å². The molecule has 1 aromatic heterocycles. The summed E-state index contributed by atoms with van der Waals surface area (Å²) in [7, 11) is -2.88. The van der Waals surface area contributed by atoms with E-state index in [0.29, 0.717) is 17.7 Å². The molecule has 0 aromatic carbocycles. The molecule has 0 atom stereocenters. The fourth-order valence-corrected chi connectivity index (χ4v) is 4.45. The van der Waals surface area contributed by atoms with Gasteiger partial charge in [-0.05, 0) is 25.7 Å². The molecule has 1 N–H and O–H groups in total. The van der Waals surface area contributed by atoms with Crippen LogP contribution in [-0.2, 0) is 16.3 Å². The van der Waals surface area contributed by atoms with Crippen LogP contribution < -0.4 is 5.32 Å². The van der Waals surface area contributed by atoms with Crippen LogP contribution in [0.1, 0.15) is 40.9 Å². The molecular formula is C12H18N2O3S2. The number of hydrogen-bond acceptors (Lipinski definition) is 5. The summed E-state index contributed by atoms with van der Waals surface area (Å²) < 4.78 is 22.6. The molecule has 1 amide bonds. The van der Waals surface area contributed by atoms with Crippen LogP contribution in [0, 0.1) is 0 Å². The summed E-state index contributed by atoms with van der Waals surface area (Å²) in [6.45, 7) is 2.07. The van der Waals surface area contributed by atoms with Crippen LogP contribution in [-0.4, -0.2) is 36.9 Å². The third kappa shape index (κ3) is 4.01. The van der Waals surface area contributed by atoms with Crippen LogP contribution in [0.5, 0.6) is 0 Å². The first kappa shape index (κ1) is 14.5. The Kier molecular flexibility index (Phi) is 4.57. The Balaban J connectivity index is 1.90. The Morgan fingerprint density at radius 3 is 2.79 bits per heavy atom. The Bertz CT molecular complexity index is 537. The molecule has 1 saturated heterocycles. The van der Waals surface area contributed by atoms with Gasteiger partial charge in [-0.25, -0.2) is 13.4 Å². The van der Waals surface area contributed by atoms with Crippen LogP contribution >= 0.6 is 11.3 Å². The van der Waals surface area contributed by atoms with Crippen molar-refractivity contribution in [2.75, 3.05) is 11.5 Å². The van der Waals surface area contributed by atoms with Crippen molar-refractivity contribution in [3.8, 4) is 0 Å². The minimum atomic E-state index is -2.88. The third-order valence-corrected chi connectivity index (χ3v) is 5.90. The average Bonchev–Trinajstić information content (AvgIpc) is 2.81. The Morgan fingerprint density at radius 2 is 2.16 bits per heavy atom. The van der Waals surface area contributed by atoms with E-state index in [1.54, 1.807) is 6.20 Å². The van der Waals surface area contributed by atoms with Gasteiger partial charge in [0.15, 0.2) is 0 Å². The lowest BCUT2D eigenvalue weighted by Crippen LogP contribution is -2.40. The second-order valence-corrected chi connectivity index (χ2v) is 8.19. The summed E-state index contributed by atoms with van der Waals surface area (Å²) in [5, 5.41) is 3.87. The van der Waals surface area contributed by atoms with E-state index < -0.39 is 9.84 Å². The lowest BCUT2D eigenvalue weighted by atomic mass is 10.1. The Labute approximate surface area is 117 Å². The second-order valence-electron chi connectivity index (χ2n) is 4.77. The number of carbonyl (C=O) groups is 1. The first-order valence-electron chi connectivity index (χ1n) is 6.46. The highest BCUT2D eigenvalue weighted by atomic mass is 32.2. The standard InChI is InChI=1S/C12H18N2O3S2/c1-2-3-11-13-8-10(18-11)12(15)14-9-4-6-19(16,17)7-5-9/h8-9H,2-7H2,1H3,(H,14,15). The van der Waals surface area contributed by atoms with Gasteiger partial charge in [0.05, 0.1) is 22.7 Å². The van der Waals surface area contributed by atoms with Gasteiger partial charge in [0.2, 0.25) is 0 Å². The number of sulfone groups is 1. The molecule has 0 unspecified atom stereocenters. The first-order valence-corrected chi connectivity index (χ1v) is 9.10. The Morgan fingerprint density at radius 1 is 1.47 bits per heavy atom. The maximum atomic E-state index is 12.0.